The van der Waals surface area contributed by atoms with E-state index in [1.165, 1.54) is 7.11 Å². The summed E-state index contributed by atoms with van der Waals surface area (Å²) in [5.41, 5.74) is 2.44. The number of pyridine rings is 1. The molecule has 4 rings (SSSR count). The van der Waals surface area contributed by atoms with Crippen molar-refractivity contribution in [2.24, 2.45) is 5.92 Å². The number of anilines is 1. The molecule has 0 bridgehead atoms. The van der Waals surface area contributed by atoms with Crippen molar-refractivity contribution in [1.82, 2.24) is 10.3 Å². The number of amides is 1. The predicted molar refractivity (Wildman–Crippen MR) is 120 cm³/mol. The fourth-order valence-electron chi connectivity index (χ4n) is 4.26. The summed E-state index contributed by atoms with van der Waals surface area (Å²) in [6, 6.07) is 18.9. The van der Waals surface area contributed by atoms with E-state index in [0.717, 1.165) is 47.8 Å². The van der Waals surface area contributed by atoms with Crippen molar-refractivity contribution >= 4 is 28.5 Å². The van der Waals surface area contributed by atoms with Crippen LogP contribution >= 0.6 is 0 Å². The van der Waals surface area contributed by atoms with Gasteiger partial charge in [0.25, 0.3) is 0 Å². The van der Waals surface area contributed by atoms with Gasteiger partial charge in [0.1, 0.15) is 6.04 Å². The second-order valence-electron chi connectivity index (χ2n) is 7.95. The van der Waals surface area contributed by atoms with Gasteiger partial charge in [0.2, 0.25) is 5.91 Å². The maximum Gasteiger partial charge on any atom is 0.327 e. The van der Waals surface area contributed by atoms with Crippen molar-refractivity contribution < 1.29 is 14.3 Å². The number of esters is 1. The summed E-state index contributed by atoms with van der Waals surface area (Å²) < 4.78 is 5.00. The van der Waals surface area contributed by atoms with Crippen LogP contribution in [0.15, 0.2) is 66.9 Å². The lowest BCUT2D eigenvalue weighted by atomic mass is 9.85. The molecule has 1 saturated carbocycles. The maximum atomic E-state index is 12.9. The Hall–Kier alpha value is -3.25. The summed E-state index contributed by atoms with van der Waals surface area (Å²) in [5, 5.41) is 7.51. The number of para-hydroxylation sites is 1. The van der Waals surface area contributed by atoms with Gasteiger partial charge in [0, 0.05) is 23.5 Å². The highest BCUT2D eigenvalue weighted by Crippen LogP contribution is 2.29. The average molecular weight is 418 g/mol. The summed E-state index contributed by atoms with van der Waals surface area (Å²) >= 11 is 0. The lowest BCUT2D eigenvalue weighted by Crippen LogP contribution is -2.41. The van der Waals surface area contributed by atoms with Gasteiger partial charge in [0.15, 0.2) is 0 Å². The summed E-state index contributed by atoms with van der Waals surface area (Å²) in [7, 11) is 1.41. The summed E-state index contributed by atoms with van der Waals surface area (Å²) in [5.74, 6) is -0.316. The van der Waals surface area contributed by atoms with E-state index in [-0.39, 0.29) is 23.8 Å². The number of nitrogens with one attached hydrogen (secondary N) is 2. The third-order valence-electron chi connectivity index (χ3n) is 5.96. The van der Waals surface area contributed by atoms with Gasteiger partial charge in [-0.25, -0.2) is 4.79 Å². The van der Waals surface area contributed by atoms with E-state index in [0.29, 0.717) is 0 Å². The highest BCUT2D eigenvalue weighted by atomic mass is 16.5. The molecule has 0 saturated heterocycles. The van der Waals surface area contributed by atoms with Crippen LogP contribution in [0.25, 0.3) is 10.9 Å². The molecule has 1 heterocycles. The van der Waals surface area contributed by atoms with Crippen LogP contribution in [0.2, 0.25) is 0 Å². The van der Waals surface area contributed by atoms with Gasteiger partial charge < -0.3 is 10.1 Å². The van der Waals surface area contributed by atoms with Crippen molar-refractivity contribution in [2.45, 2.75) is 37.8 Å². The number of hydrogen-bond donors (Lipinski definition) is 2. The maximum absolute atomic E-state index is 12.9. The van der Waals surface area contributed by atoms with Crippen LogP contribution in [0.3, 0.4) is 0 Å². The van der Waals surface area contributed by atoms with E-state index in [9.17, 15) is 9.59 Å². The fraction of sp³-hybridized carbons (Fsp3) is 0.320. The average Bonchev–Trinajstić information content (AvgIpc) is 2.83. The molecule has 2 N–H and O–H groups in total. The molecule has 6 heteroatoms. The second-order valence-corrected chi connectivity index (χ2v) is 7.95. The molecule has 1 aliphatic carbocycles. The largest absolute Gasteiger partial charge is 0.468 e. The Bertz CT molecular complexity index is 1040. The number of rotatable bonds is 6. The molecule has 0 spiro atoms. The van der Waals surface area contributed by atoms with Gasteiger partial charge >= 0.3 is 5.97 Å². The summed E-state index contributed by atoms with van der Waals surface area (Å²) in [6.45, 7) is 0. The topological polar surface area (TPSA) is 80.3 Å². The molecule has 6 nitrogen and oxygen atoms in total. The predicted octanol–water partition coefficient (Wildman–Crippen LogP) is 4.24. The van der Waals surface area contributed by atoms with Crippen molar-refractivity contribution in [3.8, 4) is 0 Å². The number of aromatic nitrogens is 1. The van der Waals surface area contributed by atoms with Crippen molar-refractivity contribution in [2.75, 3.05) is 12.4 Å². The van der Waals surface area contributed by atoms with Crippen molar-refractivity contribution in [3.05, 3.63) is 72.4 Å². The lowest BCUT2D eigenvalue weighted by Gasteiger charge is -2.31. The summed E-state index contributed by atoms with van der Waals surface area (Å²) in [4.78, 5) is 29.6. The van der Waals surface area contributed by atoms with Gasteiger partial charge in [-0.3, -0.25) is 15.1 Å². The number of hydrogen-bond acceptors (Lipinski definition) is 5. The van der Waals surface area contributed by atoms with Gasteiger partial charge in [0.05, 0.1) is 18.3 Å². The molecule has 3 aromatic rings. The van der Waals surface area contributed by atoms with Crippen LogP contribution in [0.4, 0.5) is 5.69 Å². The Morgan fingerprint density at radius 1 is 0.968 bits per heavy atom. The van der Waals surface area contributed by atoms with Gasteiger partial charge in [-0.05, 0) is 43.4 Å². The molecule has 31 heavy (non-hydrogen) atoms. The van der Waals surface area contributed by atoms with E-state index in [1.807, 2.05) is 60.7 Å². The first-order valence-corrected chi connectivity index (χ1v) is 10.7. The SMILES string of the molecule is COC(=O)C(NC1CCC(C(=O)Nc2cccc3cccnc23)CC1)c1ccccc1. The Morgan fingerprint density at radius 3 is 2.45 bits per heavy atom. The Kier molecular flexibility index (Phi) is 6.57. The normalized spacial score (nSPS) is 19.5. The van der Waals surface area contributed by atoms with Crippen molar-refractivity contribution in [3.63, 3.8) is 0 Å². The Labute approximate surface area is 182 Å². The third-order valence-corrected chi connectivity index (χ3v) is 5.96. The van der Waals surface area contributed by atoms with Crippen LogP contribution in [0.1, 0.15) is 37.3 Å². The molecular formula is C25H27N3O3. The third kappa shape index (κ3) is 4.91. The standard InChI is InChI=1S/C25H27N3O3/c1-31-25(30)23(18-7-3-2-4-8-18)27-20-14-12-19(13-15-20)24(29)28-21-11-5-9-17-10-6-16-26-22(17)21/h2-11,16,19-20,23,27H,12-15H2,1H3,(H,28,29). The number of carbonyl (C=O) groups excluding carboxylic acids is 2. The van der Waals surface area contributed by atoms with Crippen LogP contribution in [0, 0.1) is 5.92 Å². The van der Waals surface area contributed by atoms with E-state index >= 15 is 0 Å². The minimum absolute atomic E-state index is 0.0316. The van der Waals surface area contributed by atoms with Crippen molar-refractivity contribution in [1.29, 1.82) is 0 Å². The number of nitrogens with zero attached hydrogens (tertiary/aromatic N) is 1. The molecule has 2 aromatic carbocycles. The number of benzene rings is 2. The fourth-order valence-corrected chi connectivity index (χ4v) is 4.26. The van der Waals surface area contributed by atoms with E-state index in [2.05, 4.69) is 15.6 Å². The Morgan fingerprint density at radius 2 is 1.71 bits per heavy atom. The molecule has 160 valence electrons. The molecule has 1 aromatic heterocycles. The molecule has 1 amide bonds. The summed E-state index contributed by atoms with van der Waals surface area (Å²) in [6.07, 6.45) is 4.92. The molecule has 1 atom stereocenters. The second kappa shape index (κ2) is 9.71. The molecule has 0 radical (unpaired) electrons. The first kappa shape index (κ1) is 21.0. The van der Waals surface area contributed by atoms with Gasteiger partial charge in [-0.1, -0.05) is 48.5 Å². The number of ether oxygens (including phenoxy) is 1. The Balaban J connectivity index is 1.36. The number of fused-ring (bicyclic) bond motifs is 1. The molecular weight excluding hydrogens is 390 g/mol. The first-order chi connectivity index (χ1) is 15.2. The van der Waals surface area contributed by atoms with Crippen LogP contribution in [-0.2, 0) is 14.3 Å². The molecule has 1 unspecified atom stereocenters. The number of carbonyl (C=O) groups is 2. The molecule has 1 aliphatic rings. The molecule has 0 aliphatic heterocycles. The first-order valence-electron chi connectivity index (χ1n) is 10.7. The monoisotopic (exact) mass is 417 g/mol. The highest BCUT2D eigenvalue weighted by molar-refractivity contribution is 6.01. The quantitative estimate of drug-likeness (QED) is 0.587. The van der Waals surface area contributed by atoms with Gasteiger partial charge in [-0.15, -0.1) is 0 Å². The highest BCUT2D eigenvalue weighted by Gasteiger charge is 2.30. The van der Waals surface area contributed by atoms with E-state index in [1.54, 1.807) is 6.20 Å². The molecule has 1 fully saturated rings. The van der Waals surface area contributed by atoms with Crippen LogP contribution in [0.5, 0.6) is 0 Å². The van der Waals surface area contributed by atoms with E-state index in [4.69, 9.17) is 4.74 Å². The minimum Gasteiger partial charge on any atom is -0.468 e. The van der Waals surface area contributed by atoms with Gasteiger partial charge in [-0.2, -0.15) is 0 Å². The smallest absolute Gasteiger partial charge is 0.327 e. The lowest BCUT2D eigenvalue weighted by molar-refractivity contribution is -0.143. The van der Waals surface area contributed by atoms with Crippen LogP contribution < -0.4 is 10.6 Å². The van der Waals surface area contributed by atoms with Crippen LogP contribution in [-0.4, -0.2) is 30.0 Å². The zero-order valence-corrected chi connectivity index (χ0v) is 17.6. The minimum atomic E-state index is -0.497. The zero-order valence-electron chi connectivity index (χ0n) is 17.6. The van der Waals surface area contributed by atoms with E-state index < -0.39 is 6.04 Å². The number of methoxy groups -OCH3 is 1. The zero-order chi connectivity index (χ0) is 21.6.